The number of nitrogens with zero attached hydrogens (tertiary/aromatic N) is 2. The molecule has 0 amide bonds. The summed E-state index contributed by atoms with van der Waals surface area (Å²) in [7, 11) is 0. The second-order valence-corrected chi connectivity index (χ2v) is 6.20. The van der Waals surface area contributed by atoms with Crippen LogP contribution in [0.5, 0.6) is 0 Å². The molecule has 0 saturated carbocycles. The molecule has 0 aromatic carbocycles. The Bertz CT molecular complexity index is 547. The van der Waals surface area contributed by atoms with Gasteiger partial charge in [-0.25, -0.2) is 0 Å². The Hall–Kier alpha value is -0.460. The van der Waals surface area contributed by atoms with Gasteiger partial charge in [0.2, 0.25) is 5.78 Å². The maximum Gasteiger partial charge on any atom is 0.222 e. The summed E-state index contributed by atoms with van der Waals surface area (Å²) in [5, 5.41) is 6.11. The van der Waals surface area contributed by atoms with Gasteiger partial charge in [0, 0.05) is 16.4 Å². The number of hydrogen-bond donors (Lipinski definition) is 0. The van der Waals surface area contributed by atoms with Crippen molar-refractivity contribution in [2.45, 2.75) is 19.9 Å². The van der Waals surface area contributed by atoms with E-state index in [4.69, 9.17) is 0 Å². The van der Waals surface area contributed by atoms with Gasteiger partial charge in [0.05, 0.1) is 15.5 Å². The van der Waals surface area contributed by atoms with E-state index in [1.54, 1.807) is 10.9 Å². The van der Waals surface area contributed by atoms with Gasteiger partial charge in [-0.2, -0.15) is 5.10 Å². The zero-order valence-electron chi connectivity index (χ0n) is 9.11. The smallest absolute Gasteiger partial charge is 0.222 e. The molecular formula is C11H10Br2N2OS. The molecule has 0 saturated heterocycles. The van der Waals surface area contributed by atoms with Crippen LogP contribution < -0.4 is 0 Å². The summed E-state index contributed by atoms with van der Waals surface area (Å²) in [6.45, 7) is 2.81. The van der Waals surface area contributed by atoms with Crippen molar-refractivity contribution in [2.75, 3.05) is 0 Å². The standard InChI is InChI=1S/C11H10Br2N2OS/c1-2-3-15-10(8(13)5-14-15)11(16)9-4-7(12)6-17-9/h4-6H,2-3H2,1H3. The lowest BCUT2D eigenvalue weighted by molar-refractivity contribution is 0.103. The normalized spacial score (nSPS) is 10.8. The number of halogens is 2. The number of aromatic nitrogens is 2. The molecule has 2 aromatic heterocycles. The highest BCUT2D eigenvalue weighted by atomic mass is 79.9. The van der Waals surface area contributed by atoms with Crippen molar-refractivity contribution >= 4 is 49.0 Å². The topological polar surface area (TPSA) is 34.9 Å². The Labute approximate surface area is 120 Å². The van der Waals surface area contributed by atoms with E-state index in [9.17, 15) is 4.79 Å². The SMILES string of the molecule is CCCn1ncc(Br)c1C(=O)c1cc(Br)cs1. The Morgan fingerprint density at radius 3 is 2.88 bits per heavy atom. The van der Waals surface area contributed by atoms with Gasteiger partial charge in [0.15, 0.2) is 0 Å². The summed E-state index contributed by atoms with van der Waals surface area (Å²) in [6.07, 6.45) is 2.62. The first-order valence-corrected chi connectivity index (χ1v) is 7.60. The number of aryl methyl sites for hydroxylation is 1. The minimum Gasteiger partial charge on any atom is -0.286 e. The fourth-order valence-corrected chi connectivity index (χ4v) is 3.36. The molecule has 0 aliphatic carbocycles. The summed E-state index contributed by atoms with van der Waals surface area (Å²) in [4.78, 5) is 13.1. The van der Waals surface area contributed by atoms with E-state index in [1.807, 2.05) is 11.4 Å². The number of thiophene rings is 1. The molecular weight excluding hydrogens is 368 g/mol. The minimum absolute atomic E-state index is 0.0125. The molecule has 0 aliphatic rings. The molecule has 17 heavy (non-hydrogen) atoms. The minimum atomic E-state index is 0.0125. The van der Waals surface area contributed by atoms with Crippen LogP contribution in [0.3, 0.4) is 0 Å². The van der Waals surface area contributed by atoms with Gasteiger partial charge >= 0.3 is 0 Å². The predicted molar refractivity (Wildman–Crippen MR) is 75.7 cm³/mol. The number of carbonyl (C=O) groups is 1. The zero-order chi connectivity index (χ0) is 12.4. The Kier molecular flexibility index (Phi) is 4.17. The summed E-state index contributed by atoms with van der Waals surface area (Å²) < 4.78 is 3.43. The van der Waals surface area contributed by atoms with Crippen LogP contribution in [0.15, 0.2) is 26.6 Å². The highest BCUT2D eigenvalue weighted by Gasteiger charge is 2.19. The molecule has 3 nitrogen and oxygen atoms in total. The summed E-state index contributed by atoms with van der Waals surface area (Å²) >= 11 is 8.17. The fourth-order valence-electron chi connectivity index (χ4n) is 1.52. The average molecular weight is 378 g/mol. The van der Waals surface area contributed by atoms with Crippen LogP contribution in [0, 0.1) is 0 Å². The van der Waals surface area contributed by atoms with Gasteiger partial charge in [-0.05, 0) is 44.3 Å². The van der Waals surface area contributed by atoms with E-state index < -0.39 is 0 Å². The molecule has 2 heterocycles. The van der Waals surface area contributed by atoms with E-state index >= 15 is 0 Å². The van der Waals surface area contributed by atoms with Gasteiger partial charge in [-0.1, -0.05) is 6.92 Å². The maximum atomic E-state index is 12.3. The highest BCUT2D eigenvalue weighted by Crippen LogP contribution is 2.26. The summed E-state index contributed by atoms with van der Waals surface area (Å²) in [5.41, 5.74) is 0.626. The van der Waals surface area contributed by atoms with Gasteiger partial charge in [0.1, 0.15) is 5.69 Å². The molecule has 0 fully saturated rings. The monoisotopic (exact) mass is 376 g/mol. The van der Waals surface area contributed by atoms with Gasteiger partial charge < -0.3 is 0 Å². The summed E-state index contributed by atoms with van der Waals surface area (Å²) in [5.74, 6) is 0.0125. The van der Waals surface area contributed by atoms with Gasteiger partial charge in [-0.15, -0.1) is 11.3 Å². The molecule has 0 aliphatic heterocycles. The van der Waals surface area contributed by atoms with Crippen LogP contribution in [-0.2, 0) is 6.54 Å². The Morgan fingerprint density at radius 2 is 2.29 bits per heavy atom. The molecule has 6 heteroatoms. The van der Waals surface area contributed by atoms with E-state index in [-0.39, 0.29) is 5.78 Å². The quantitative estimate of drug-likeness (QED) is 0.751. The lowest BCUT2D eigenvalue weighted by atomic mass is 10.2. The number of carbonyl (C=O) groups excluding carboxylic acids is 1. The van der Waals surface area contributed by atoms with E-state index in [0.29, 0.717) is 5.69 Å². The van der Waals surface area contributed by atoms with Crippen LogP contribution in [0.2, 0.25) is 0 Å². The first-order valence-electron chi connectivity index (χ1n) is 5.13. The molecule has 0 N–H and O–H groups in total. The number of hydrogen-bond acceptors (Lipinski definition) is 3. The van der Waals surface area contributed by atoms with Crippen molar-refractivity contribution in [3.8, 4) is 0 Å². The number of ketones is 1. The molecule has 0 radical (unpaired) electrons. The third-order valence-corrected chi connectivity index (χ3v) is 4.51. The van der Waals surface area contributed by atoms with Gasteiger partial charge in [0.25, 0.3) is 0 Å². The van der Waals surface area contributed by atoms with Crippen LogP contribution >= 0.6 is 43.2 Å². The largest absolute Gasteiger partial charge is 0.286 e. The third-order valence-electron chi connectivity index (χ3n) is 2.24. The first-order chi connectivity index (χ1) is 8.13. The Morgan fingerprint density at radius 1 is 1.53 bits per heavy atom. The van der Waals surface area contributed by atoms with Crippen LogP contribution in [0.25, 0.3) is 0 Å². The molecule has 90 valence electrons. The van der Waals surface area contributed by atoms with E-state index in [0.717, 1.165) is 26.8 Å². The van der Waals surface area contributed by atoms with Crippen molar-refractivity contribution < 1.29 is 4.79 Å². The van der Waals surface area contributed by atoms with E-state index in [2.05, 4.69) is 43.9 Å². The second-order valence-electron chi connectivity index (χ2n) is 3.52. The van der Waals surface area contributed by atoms with Crippen molar-refractivity contribution in [3.63, 3.8) is 0 Å². The van der Waals surface area contributed by atoms with Crippen LogP contribution in [0.1, 0.15) is 28.7 Å². The fraction of sp³-hybridized carbons (Fsp3) is 0.273. The maximum absolute atomic E-state index is 12.3. The molecule has 0 atom stereocenters. The molecule has 0 unspecified atom stereocenters. The summed E-state index contributed by atoms with van der Waals surface area (Å²) in [6, 6.07) is 1.84. The molecule has 2 aromatic rings. The Balaban J connectivity index is 2.39. The van der Waals surface area contributed by atoms with Crippen molar-refractivity contribution in [1.82, 2.24) is 9.78 Å². The van der Waals surface area contributed by atoms with Gasteiger partial charge in [-0.3, -0.25) is 9.48 Å². The van der Waals surface area contributed by atoms with Crippen LogP contribution in [0.4, 0.5) is 0 Å². The predicted octanol–water partition coefficient (Wildman–Crippen LogP) is 4.11. The van der Waals surface area contributed by atoms with Crippen molar-refractivity contribution in [2.24, 2.45) is 0 Å². The first kappa shape index (κ1) is 13.0. The zero-order valence-corrected chi connectivity index (χ0v) is 13.1. The lowest BCUT2D eigenvalue weighted by Gasteiger charge is -2.04. The molecule has 0 bridgehead atoms. The number of rotatable bonds is 4. The highest BCUT2D eigenvalue weighted by molar-refractivity contribution is 9.10. The average Bonchev–Trinajstić information content (AvgIpc) is 2.86. The van der Waals surface area contributed by atoms with Crippen molar-refractivity contribution in [3.05, 3.63) is 37.2 Å². The second kappa shape index (κ2) is 5.46. The molecule has 0 spiro atoms. The lowest BCUT2D eigenvalue weighted by Crippen LogP contribution is -2.11. The van der Waals surface area contributed by atoms with E-state index in [1.165, 1.54) is 11.3 Å². The van der Waals surface area contributed by atoms with Crippen LogP contribution in [-0.4, -0.2) is 15.6 Å². The van der Waals surface area contributed by atoms with Crippen molar-refractivity contribution in [1.29, 1.82) is 0 Å². The molecule has 2 rings (SSSR count). The third kappa shape index (κ3) is 2.69.